The molecule has 0 bridgehead atoms. The van der Waals surface area contributed by atoms with Crippen molar-refractivity contribution in [2.24, 2.45) is 0 Å². The third kappa shape index (κ3) is 22.3. The average Bonchev–Trinajstić information content (AvgIpc) is 3.12. The van der Waals surface area contributed by atoms with Gasteiger partial charge in [-0.25, -0.2) is 0 Å². The van der Waals surface area contributed by atoms with E-state index in [1.165, 1.54) is 237 Å². The summed E-state index contributed by atoms with van der Waals surface area (Å²) in [5, 5.41) is 3.07. The molecule has 0 heteroatoms. The summed E-state index contributed by atoms with van der Waals surface area (Å²) in [5.74, 6) is 0. The fourth-order valence-corrected chi connectivity index (χ4v) is 8.26. The topological polar surface area (TPSA) is 0 Å². The van der Waals surface area contributed by atoms with Crippen molar-refractivity contribution in [1.82, 2.24) is 0 Å². The second-order valence-electron chi connectivity index (χ2n) is 16.1. The molecule has 282 valence electrons. The first-order valence-electron chi connectivity index (χ1n) is 22.8. The van der Waals surface area contributed by atoms with Crippen molar-refractivity contribution < 1.29 is 0 Å². The van der Waals surface area contributed by atoms with E-state index in [-0.39, 0.29) is 0 Å². The maximum absolute atomic E-state index is 2.61. The van der Waals surface area contributed by atoms with E-state index in [9.17, 15) is 0 Å². The van der Waals surface area contributed by atoms with Crippen LogP contribution in [0.3, 0.4) is 0 Å². The van der Waals surface area contributed by atoms with E-state index in [0.29, 0.717) is 0 Å². The van der Waals surface area contributed by atoms with Gasteiger partial charge in [-0.05, 0) is 66.0 Å². The lowest BCUT2D eigenvalue weighted by Crippen LogP contribution is -2.04. The highest BCUT2D eigenvalue weighted by molar-refractivity contribution is 5.88. The normalized spacial score (nSPS) is 11.7. The largest absolute Gasteiger partial charge is 0.0654 e. The van der Waals surface area contributed by atoms with Gasteiger partial charge < -0.3 is 0 Å². The summed E-state index contributed by atoms with van der Waals surface area (Å²) in [6.45, 7) is 6.96. The molecule has 0 saturated carbocycles. The Morgan fingerprint density at radius 2 is 0.612 bits per heavy atom. The van der Waals surface area contributed by atoms with Crippen LogP contribution in [-0.2, 0) is 19.3 Å². The van der Waals surface area contributed by atoms with Gasteiger partial charge in [-0.1, -0.05) is 244 Å². The smallest absolute Gasteiger partial charge is 0.0149 e. The third-order valence-electron chi connectivity index (χ3n) is 11.5. The van der Waals surface area contributed by atoms with Gasteiger partial charge in [0.05, 0.1) is 0 Å². The second kappa shape index (κ2) is 32.6. The van der Waals surface area contributed by atoms with E-state index in [1.54, 1.807) is 22.1 Å². The van der Waals surface area contributed by atoms with Crippen LogP contribution in [0.15, 0.2) is 30.3 Å². The van der Waals surface area contributed by atoms with Crippen LogP contribution >= 0.6 is 0 Å². The molecule has 2 aromatic rings. The SMILES string of the molecule is CCCCCCCCCCCCCc1cc2ccccc2c(CCCCCCCCCCCCC)c1CCCCCCCCCCCCC. The predicted octanol–water partition coefficient (Wildman–Crippen LogP) is 17.4. The minimum atomic E-state index is 1.29. The molecule has 0 aromatic heterocycles. The molecule has 0 nitrogen and oxygen atoms in total. The summed E-state index contributed by atoms with van der Waals surface area (Å²) in [5.41, 5.74) is 5.22. The Labute approximate surface area is 308 Å². The van der Waals surface area contributed by atoms with Gasteiger partial charge in [-0.2, -0.15) is 0 Å². The molecule has 0 unspecified atom stereocenters. The van der Waals surface area contributed by atoms with E-state index < -0.39 is 0 Å². The molecule has 0 aliphatic carbocycles. The van der Waals surface area contributed by atoms with Crippen molar-refractivity contribution in [2.45, 2.75) is 252 Å². The Hall–Kier alpha value is -1.30. The zero-order valence-corrected chi connectivity index (χ0v) is 33.8. The number of rotatable bonds is 36. The van der Waals surface area contributed by atoms with Gasteiger partial charge in [0.2, 0.25) is 0 Å². The Morgan fingerprint density at radius 1 is 0.306 bits per heavy atom. The second-order valence-corrected chi connectivity index (χ2v) is 16.1. The van der Waals surface area contributed by atoms with Crippen LogP contribution < -0.4 is 0 Å². The number of hydrogen-bond acceptors (Lipinski definition) is 0. The van der Waals surface area contributed by atoms with Crippen LogP contribution in [-0.4, -0.2) is 0 Å². The minimum absolute atomic E-state index is 1.29. The summed E-state index contributed by atoms with van der Waals surface area (Å²) in [6, 6.07) is 12.0. The zero-order valence-electron chi connectivity index (χ0n) is 33.8. The molecule has 0 saturated heterocycles. The van der Waals surface area contributed by atoms with Crippen molar-refractivity contribution in [2.75, 3.05) is 0 Å². The molecule has 0 atom stereocenters. The molecule has 0 aliphatic heterocycles. The summed E-state index contributed by atoms with van der Waals surface area (Å²) in [7, 11) is 0. The van der Waals surface area contributed by atoms with Crippen molar-refractivity contribution >= 4 is 10.8 Å². The molecule has 0 N–H and O–H groups in total. The summed E-state index contributed by atoms with van der Waals surface area (Å²) < 4.78 is 0. The zero-order chi connectivity index (χ0) is 34.9. The first-order valence-corrected chi connectivity index (χ1v) is 22.8. The lowest BCUT2D eigenvalue weighted by molar-refractivity contribution is 0.545. The fourth-order valence-electron chi connectivity index (χ4n) is 8.26. The molecule has 0 amide bonds. The average molecular weight is 675 g/mol. The Bertz CT molecular complexity index is 985. The molecule has 2 aromatic carbocycles. The summed E-state index contributed by atoms with van der Waals surface area (Å²) >= 11 is 0. The Kier molecular flexibility index (Phi) is 29.2. The monoisotopic (exact) mass is 675 g/mol. The van der Waals surface area contributed by atoms with Crippen LogP contribution in [0.2, 0.25) is 0 Å². The Morgan fingerprint density at radius 3 is 1.00 bits per heavy atom. The fraction of sp³-hybridized carbons (Fsp3) is 0.796. The van der Waals surface area contributed by atoms with Gasteiger partial charge in [0.25, 0.3) is 0 Å². The number of aryl methyl sites for hydroxylation is 2. The summed E-state index contributed by atoms with van der Waals surface area (Å²) in [4.78, 5) is 0. The van der Waals surface area contributed by atoms with Gasteiger partial charge in [-0.3, -0.25) is 0 Å². The standard InChI is InChI=1S/C49H86/c1-4-7-10-13-16-19-22-25-28-31-34-39-45-44-46-40-37-38-42-48(46)49(43-36-33-30-27-24-21-18-15-12-9-6-3)47(45)41-35-32-29-26-23-20-17-14-11-8-5-2/h37-38,40,42,44H,4-36,39,41,43H2,1-3H3. The van der Waals surface area contributed by atoms with E-state index in [2.05, 4.69) is 51.1 Å². The lowest BCUT2D eigenvalue weighted by Gasteiger charge is -2.19. The van der Waals surface area contributed by atoms with Gasteiger partial charge >= 0.3 is 0 Å². The molecule has 0 spiro atoms. The highest BCUT2D eigenvalue weighted by Crippen LogP contribution is 2.31. The van der Waals surface area contributed by atoms with E-state index in [4.69, 9.17) is 0 Å². The molecule has 0 aliphatic rings. The number of benzene rings is 2. The van der Waals surface area contributed by atoms with Crippen molar-refractivity contribution in [3.05, 3.63) is 47.0 Å². The van der Waals surface area contributed by atoms with E-state index in [1.807, 2.05) is 0 Å². The van der Waals surface area contributed by atoms with Crippen LogP contribution in [0.1, 0.15) is 249 Å². The van der Waals surface area contributed by atoms with Crippen molar-refractivity contribution in [3.8, 4) is 0 Å². The molecule has 0 heterocycles. The third-order valence-corrected chi connectivity index (χ3v) is 11.5. The first-order chi connectivity index (χ1) is 24.3. The van der Waals surface area contributed by atoms with E-state index >= 15 is 0 Å². The van der Waals surface area contributed by atoms with Crippen LogP contribution in [0.25, 0.3) is 10.8 Å². The van der Waals surface area contributed by atoms with Crippen LogP contribution in [0, 0.1) is 0 Å². The lowest BCUT2D eigenvalue weighted by atomic mass is 9.86. The molecular formula is C49H86. The molecule has 0 fully saturated rings. The van der Waals surface area contributed by atoms with E-state index in [0.717, 1.165) is 0 Å². The maximum Gasteiger partial charge on any atom is -0.0149 e. The van der Waals surface area contributed by atoms with Gasteiger partial charge in [0, 0.05) is 0 Å². The molecular weight excluding hydrogens is 589 g/mol. The number of fused-ring (bicyclic) bond motifs is 1. The summed E-state index contributed by atoms with van der Waals surface area (Å²) in [6.07, 6.45) is 51.1. The highest BCUT2D eigenvalue weighted by atomic mass is 14.2. The number of hydrogen-bond donors (Lipinski definition) is 0. The molecule has 2 rings (SSSR count). The van der Waals surface area contributed by atoms with Gasteiger partial charge in [-0.15, -0.1) is 0 Å². The van der Waals surface area contributed by atoms with Gasteiger partial charge in [0.1, 0.15) is 0 Å². The minimum Gasteiger partial charge on any atom is -0.0654 e. The molecule has 49 heavy (non-hydrogen) atoms. The van der Waals surface area contributed by atoms with Crippen LogP contribution in [0.5, 0.6) is 0 Å². The quantitative estimate of drug-likeness (QED) is 0.0631. The highest BCUT2D eigenvalue weighted by Gasteiger charge is 2.14. The Balaban J connectivity index is 1.89. The van der Waals surface area contributed by atoms with Crippen molar-refractivity contribution in [1.29, 1.82) is 0 Å². The number of unbranched alkanes of at least 4 members (excludes halogenated alkanes) is 30. The van der Waals surface area contributed by atoms with Crippen LogP contribution in [0.4, 0.5) is 0 Å². The van der Waals surface area contributed by atoms with Gasteiger partial charge in [0.15, 0.2) is 0 Å². The maximum atomic E-state index is 2.61. The first kappa shape index (κ1) is 43.9. The van der Waals surface area contributed by atoms with Crippen molar-refractivity contribution in [3.63, 3.8) is 0 Å². The predicted molar refractivity (Wildman–Crippen MR) is 224 cm³/mol. The molecule has 0 radical (unpaired) electrons.